The Morgan fingerprint density at radius 1 is 1.04 bits per heavy atom. The van der Waals surface area contributed by atoms with Gasteiger partial charge in [0.1, 0.15) is 11.5 Å². The van der Waals surface area contributed by atoms with Crippen LogP contribution < -0.4 is 25.0 Å². The Morgan fingerprint density at radius 3 is 2.33 bits per heavy atom. The molecule has 0 aliphatic heterocycles. The first kappa shape index (κ1) is 17.5. The number of ether oxygens (including phenoxy) is 2. The quantitative estimate of drug-likeness (QED) is 0.818. The van der Waals surface area contributed by atoms with Crippen molar-refractivity contribution in [2.75, 3.05) is 50.4 Å². The third kappa shape index (κ3) is 4.55. The highest BCUT2D eigenvalue weighted by Gasteiger charge is 2.09. The molecule has 0 saturated carbocycles. The van der Waals surface area contributed by atoms with E-state index in [0.29, 0.717) is 17.2 Å². The van der Waals surface area contributed by atoms with Gasteiger partial charge >= 0.3 is 0 Å². The van der Waals surface area contributed by atoms with Gasteiger partial charge in [0.15, 0.2) is 0 Å². The normalized spacial score (nSPS) is 10.0. The third-order valence-electron chi connectivity index (χ3n) is 3.52. The number of anilines is 3. The summed E-state index contributed by atoms with van der Waals surface area (Å²) in [4.78, 5) is 14.1. The second kappa shape index (κ2) is 8.10. The molecule has 0 radical (unpaired) electrons. The number of nitrogens with zero attached hydrogens (tertiary/aromatic N) is 1. The molecule has 0 saturated heterocycles. The maximum Gasteiger partial charge on any atom is 0.243 e. The summed E-state index contributed by atoms with van der Waals surface area (Å²) in [6.07, 6.45) is 0. The molecule has 2 N–H and O–H groups in total. The number of carbonyl (C=O) groups excluding carboxylic acids is 1. The van der Waals surface area contributed by atoms with E-state index in [-0.39, 0.29) is 12.5 Å². The highest BCUT2D eigenvalue weighted by Crippen LogP contribution is 2.28. The van der Waals surface area contributed by atoms with Crippen molar-refractivity contribution in [2.45, 2.75) is 0 Å². The minimum absolute atomic E-state index is 0.157. The molecule has 1 amide bonds. The van der Waals surface area contributed by atoms with Crippen LogP contribution in [0.15, 0.2) is 42.5 Å². The Kier molecular flexibility index (Phi) is 5.89. The fourth-order valence-electron chi connectivity index (χ4n) is 2.16. The summed E-state index contributed by atoms with van der Waals surface area (Å²) in [7, 11) is 7.10. The van der Waals surface area contributed by atoms with E-state index in [0.717, 1.165) is 11.4 Å². The maximum atomic E-state index is 12.1. The minimum atomic E-state index is -0.157. The van der Waals surface area contributed by atoms with Gasteiger partial charge in [0.05, 0.1) is 26.5 Å². The molecule has 0 fully saturated rings. The van der Waals surface area contributed by atoms with Crippen molar-refractivity contribution in [2.24, 2.45) is 0 Å². The maximum absolute atomic E-state index is 12.1. The number of rotatable bonds is 7. The predicted molar refractivity (Wildman–Crippen MR) is 97.4 cm³/mol. The summed E-state index contributed by atoms with van der Waals surface area (Å²) in [5, 5.41) is 5.92. The van der Waals surface area contributed by atoms with Crippen molar-refractivity contribution >= 4 is 23.0 Å². The summed E-state index contributed by atoms with van der Waals surface area (Å²) >= 11 is 0. The van der Waals surface area contributed by atoms with Crippen LogP contribution in [-0.2, 0) is 4.79 Å². The zero-order chi connectivity index (χ0) is 17.5. The molecule has 6 heteroatoms. The molecule has 0 bridgehead atoms. The highest BCUT2D eigenvalue weighted by molar-refractivity contribution is 5.95. The van der Waals surface area contributed by atoms with Crippen molar-refractivity contribution < 1.29 is 14.3 Å². The van der Waals surface area contributed by atoms with E-state index in [9.17, 15) is 4.79 Å². The summed E-state index contributed by atoms with van der Waals surface area (Å²) in [6.45, 7) is 0.163. The zero-order valence-corrected chi connectivity index (χ0v) is 14.4. The number of benzene rings is 2. The lowest BCUT2D eigenvalue weighted by Gasteiger charge is -2.14. The van der Waals surface area contributed by atoms with Crippen molar-refractivity contribution in [3.63, 3.8) is 0 Å². The first-order valence-corrected chi connectivity index (χ1v) is 7.56. The average Bonchev–Trinajstić information content (AvgIpc) is 2.60. The van der Waals surface area contributed by atoms with Gasteiger partial charge in [0, 0.05) is 31.5 Å². The van der Waals surface area contributed by atoms with E-state index in [1.807, 2.05) is 43.3 Å². The largest absolute Gasteiger partial charge is 0.497 e. The number of hydrogen-bond donors (Lipinski definition) is 2. The first-order chi connectivity index (χ1) is 11.5. The summed E-state index contributed by atoms with van der Waals surface area (Å²) < 4.78 is 10.4. The monoisotopic (exact) mass is 329 g/mol. The minimum Gasteiger partial charge on any atom is -0.497 e. The van der Waals surface area contributed by atoms with Gasteiger partial charge in [-0.15, -0.1) is 0 Å². The Hall–Kier alpha value is -2.89. The molecule has 0 aromatic heterocycles. The molecule has 2 aromatic carbocycles. The lowest BCUT2D eigenvalue weighted by Crippen LogP contribution is -2.22. The summed E-state index contributed by atoms with van der Waals surface area (Å²) in [5.41, 5.74) is 2.60. The molecule has 0 atom stereocenters. The fraction of sp³-hybridized carbons (Fsp3) is 0.278. The second-order valence-corrected chi connectivity index (χ2v) is 5.41. The van der Waals surface area contributed by atoms with Crippen LogP contribution in [0, 0.1) is 0 Å². The van der Waals surface area contributed by atoms with Gasteiger partial charge in [-0.2, -0.15) is 0 Å². The number of hydrogen-bond acceptors (Lipinski definition) is 5. The molecule has 0 aliphatic rings. The molecule has 128 valence electrons. The van der Waals surface area contributed by atoms with Crippen molar-refractivity contribution in [3.05, 3.63) is 42.5 Å². The van der Waals surface area contributed by atoms with Crippen LogP contribution in [0.25, 0.3) is 0 Å². The molecule has 0 spiro atoms. The van der Waals surface area contributed by atoms with Crippen LogP contribution in [0.3, 0.4) is 0 Å². The standard InChI is InChI=1S/C18H23N3O3/c1-21(2)14-7-5-13(6-8-14)19-12-18(22)20-16-10-9-15(23-3)11-17(16)24-4/h5-11,19H,12H2,1-4H3,(H,20,22). The molecule has 2 aromatic rings. The van der Waals surface area contributed by atoms with Crippen LogP contribution >= 0.6 is 0 Å². The summed E-state index contributed by atoms with van der Waals surface area (Å²) in [6, 6.07) is 13.1. The van der Waals surface area contributed by atoms with Gasteiger partial charge < -0.3 is 25.0 Å². The lowest BCUT2D eigenvalue weighted by atomic mass is 10.2. The van der Waals surface area contributed by atoms with E-state index in [1.54, 1.807) is 32.4 Å². The van der Waals surface area contributed by atoms with Crippen LogP contribution in [0.4, 0.5) is 17.1 Å². The molecule has 24 heavy (non-hydrogen) atoms. The van der Waals surface area contributed by atoms with Crippen LogP contribution in [-0.4, -0.2) is 40.8 Å². The van der Waals surface area contributed by atoms with E-state index in [1.165, 1.54) is 0 Å². The zero-order valence-electron chi connectivity index (χ0n) is 14.4. The van der Waals surface area contributed by atoms with Crippen molar-refractivity contribution in [1.82, 2.24) is 0 Å². The average molecular weight is 329 g/mol. The third-order valence-corrected chi connectivity index (χ3v) is 3.52. The molecular weight excluding hydrogens is 306 g/mol. The van der Waals surface area contributed by atoms with Crippen LogP contribution in [0.5, 0.6) is 11.5 Å². The van der Waals surface area contributed by atoms with E-state index >= 15 is 0 Å². The lowest BCUT2D eigenvalue weighted by molar-refractivity contribution is -0.114. The Balaban J connectivity index is 1.93. The van der Waals surface area contributed by atoms with Gasteiger partial charge in [-0.3, -0.25) is 4.79 Å². The smallest absolute Gasteiger partial charge is 0.243 e. The number of nitrogens with one attached hydrogen (secondary N) is 2. The van der Waals surface area contributed by atoms with Crippen LogP contribution in [0.1, 0.15) is 0 Å². The summed E-state index contributed by atoms with van der Waals surface area (Å²) in [5.74, 6) is 1.07. The molecular formula is C18H23N3O3. The number of methoxy groups -OCH3 is 2. The Bertz CT molecular complexity index is 684. The first-order valence-electron chi connectivity index (χ1n) is 7.56. The van der Waals surface area contributed by atoms with E-state index in [2.05, 4.69) is 10.6 Å². The van der Waals surface area contributed by atoms with Gasteiger partial charge in [0.2, 0.25) is 5.91 Å². The number of amides is 1. The SMILES string of the molecule is COc1ccc(NC(=O)CNc2ccc(N(C)C)cc2)c(OC)c1. The van der Waals surface area contributed by atoms with Gasteiger partial charge in [0.25, 0.3) is 0 Å². The van der Waals surface area contributed by atoms with Crippen molar-refractivity contribution in [1.29, 1.82) is 0 Å². The Labute approximate surface area is 142 Å². The fourth-order valence-corrected chi connectivity index (χ4v) is 2.16. The molecule has 0 heterocycles. The topological polar surface area (TPSA) is 62.8 Å². The molecule has 2 rings (SSSR count). The van der Waals surface area contributed by atoms with E-state index in [4.69, 9.17) is 9.47 Å². The molecule has 0 unspecified atom stereocenters. The predicted octanol–water partition coefficient (Wildman–Crippen LogP) is 2.82. The van der Waals surface area contributed by atoms with Gasteiger partial charge in [-0.1, -0.05) is 0 Å². The van der Waals surface area contributed by atoms with Gasteiger partial charge in [-0.05, 0) is 36.4 Å². The Morgan fingerprint density at radius 2 is 1.75 bits per heavy atom. The molecule has 6 nitrogen and oxygen atoms in total. The van der Waals surface area contributed by atoms with Crippen molar-refractivity contribution in [3.8, 4) is 11.5 Å². The molecule has 0 aliphatic carbocycles. The highest BCUT2D eigenvalue weighted by atomic mass is 16.5. The second-order valence-electron chi connectivity index (χ2n) is 5.41. The van der Waals surface area contributed by atoms with Gasteiger partial charge in [-0.25, -0.2) is 0 Å². The number of carbonyl (C=O) groups is 1. The van der Waals surface area contributed by atoms with Crippen LogP contribution in [0.2, 0.25) is 0 Å². The van der Waals surface area contributed by atoms with E-state index < -0.39 is 0 Å².